The third-order valence-corrected chi connectivity index (χ3v) is 1.45. The maximum Gasteiger partial charge on any atom is 0.376 e. The molecule has 0 aromatic carbocycles. The minimum Gasteiger partial charge on any atom is -0.494 e. The molecule has 82 valence electrons. The smallest absolute Gasteiger partial charge is 0.376 e. The first-order chi connectivity index (χ1) is 6.92. The summed E-state index contributed by atoms with van der Waals surface area (Å²) in [6.45, 7) is 5.36. The molecule has 1 rings (SSSR count). The number of methoxy groups -OCH3 is 1. The van der Waals surface area contributed by atoms with Gasteiger partial charge in [-0.3, -0.25) is 0 Å². The second-order valence-corrected chi connectivity index (χ2v) is 3.95. The highest BCUT2D eigenvalue weighted by atomic mass is 16.6. The molecule has 0 saturated heterocycles. The largest absolute Gasteiger partial charge is 0.494 e. The number of carbonyl (C=O) groups excluding carboxylic acids is 1. The van der Waals surface area contributed by atoms with E-state index in [4.69, 9.17) is 9.47 Å². The average Bonchev–Trinajstić information content (AvgIpc) is 2.15. The minimum atomic E-state index is -0.541. The maximum atomic E-state index is 11.5. The Bertz CT molecular complexity index is 341. The molecule has 0 aliphatic carbocycles. The maximum absolute atomic E-state index is 11.5. The lowest BCUT2D eigenvalue weighted by Gasteiger charge is -2.18. The predicted octanol–water partition coefficient (Wildman–Crippen LogP) is 1.44. The summed E-state index contributed by atoms with van der Waals surface area (Å²) in [5.41, 5.74) is -0.541. The molecule has 0 atom stereocenters. The van der Waals surface area contributed by atoms with Crippen LogP contribution in [0.4, 0.5) is 0 Å². The van der Waals surface area contributed by atoms with E-state index < -0.39 is 11.6 Å². The minimum absolute atomic E-state index is 0.0331. The van der Waals surface area contributed by atoms with Gasteiger partial charge >= 0.3 is 5.97 Å². The number of esters is 1. The Balaban J connectivity index is 2.75. The van der Waals surface area contributed by atoms with E-state index in [1.165, 1.54) is 19.5 Å². The summed E-state index contributed by atoms with van der Waals surface area (Å²) < 4.78 is 9.97. The number of nitrogens with zero attached hydrogens (tertiary/aromatic N) is 2. The molecule has 1 heterocycles. The summed E-state index contributed by atoms with van der Waals surface area (Å²) >= 11 is 0. The van der Waals surface area contributed by atoms with Gasteiger partial charge in [0, 0.05) is 0 Å². The van der Waals surface area contributed by atoms with Crippen molar-refractivity contribution in [2.24, 2.45) is 0 Å². The van der Waals surface area contributed by atoms with Crippen LogP contribution in [0.5, 0.6) is 5.75 Å². The number of carbonyl (C=O) groups is 1. The van der Waals surface area contributed by atoms with Crippen LogP contribution in [0, 0.1) is 0 Å². The molecular weight excluding hydrogens is 196 g/mol. The van der Waals surface area contributed by atoms with Gasteiger partial charge in [0.2, 0.25) is 5.82 Å². The molecule has 0 radical (unpaired) electrons. The van der Waals surface area contributed by atoms with Crippen LogP contribution < -0.4 is 4.74 Å². The average molecular weight is 210 g/mol. The molecule has 0 aliphatic heterocycles. The number of hydrogen-bond acceptors (Lipinski definition) is 5. The Kier molecular flexibility index (Phi) is 3.24. The van der Waals surface area contributed by atoms with Gasteiger partial charge in [-0.05, 0) is 20.8 Å². The van der Waals surface area contributed by atoms with E-state index in [0.29, 0.717) is 5.75 Å². The van der Waals surface area contributed by atoms with Crippen LogP contribution in [-0.2, 0) is 4.74 Å². The van der Waals surface area contributed by atoms with E-state index in [-0.39, 0.29) is 5.82 Å². The lowest BCUT2D eigenvalue weighted by Crippen LogP contribution is -2.25. The van der Waals surface area contributed by atoms with Gasteiger partial charge in [0.25, 0.3) is 0 Å². The van der Waals surface area contributed by atoms with Crippen molar-refractivity contribution in [1.82, 2.24) is 9.97 Å². The van der Waals surface area contributed by atoms with Crippen molar-refractivity contribution in [2.75, 3.05) is 7.11 Å². The van der Waals surface area contributed by atoms with Crippen molar-refractivity contribution in [3.05, 3.63) is 18.2 Å². The summed E-state index contributed by atoms with van der Waals surface area (Å²) in [4.78, 5) is 19.1. The van der Waals surface area contributed by atoms with E-state index in [1.54, 1.807) is 20.8 Å². The molecule has 0 saturated carbocycles. The first kappa shape index (κ1) is 11.4. The number of aromatic nitrogens is 2. The van der Waals surface area contributed by atoms with Crippen LogP contribution in [-0.4, -0.2) is 28.6 Å². The number of hydrogen-bond donors (Lipinski definition) is 0. The van der Waals surface area contributed by atoms with Gasteiger partial charge in [-0.1, -0.05) is 0 Å². The molecule has 5 heteroatoms. The highest BCUT2D eigenvalue weighted by Gasteiger charge is 2.19. The molecule has 0 aliphatic rings. The van der Waals surface area contributed by atoms with Crippen LogP contribution in [0.15, 0.2) is 12.4 Å². The molecule has 0 unspecified atom stereocenters. The highest BCUT2D eigenvalue weighted by Crippen LogP contribution is 2.11. The van der Waals surface area contributed by atoms with Crippen LogP contribution in [0.2, 0.25) is 0 Å². The lowest BCUT2D eigenvalue weighted by molar-refractivity contribution is 0.00554. The van der Waals surface area contributed by atoms with Crippen LogP contribution in [0.3, 0.4) is 0 Å². The first-order valence-corrected chi connectivity index (χ1v) is 4.52. The third kappa shape index (κ3) is 3.53. The third-order valence-electron chi connectivity index (χ3n) is 1.45. The predicted molar refractivity (Wildman–Crippen MR) is 53.8 cm³/mol. The molecule has 15 heavy (non-hydrogen) atoms. The van der Waals surface area contributed by atoms with E-state index in [0.717, 1.165) is 0 Å². The molecule has 1 aromatic heterocycles. The highest BCUT2D eigenvalue weighted by molar-refractivity contribution is 5.85. The van der Waals surface area contributed by atoms with Crippen molar-refractivity contribution in [1.29, 1.82) is 0 Å². The zero-order valence-electron chi connectivity index (χ0n) is 9.27. The fourth-order valence-corrected chi connectivity index (χ4v) is 0.851. The Morgan fingerprint density at radius 3 is 2.20 bits per heavy atom. The van der Waals surface area contributed by atoms with Gasteiger partial charge in [-0.15, -0.1) is 0 Å². The Morgan fingerprint density at radius 1 is 1.27 bits per heavy atom. The van der Waals surface area contributed by atoms with Crippen molar-refractivity contribution in [3.8, 4) is 5.75 Å². The SMILES string of the molecule is COc1cnc(C(=O)OC(C)(C)C)nc1. The van der Waals surface area contributed by atoms with Crippen LogP contribution in [0.1, 0.15) is 31.4 Å². The van der Waals surface area contributed by atoms with E-state index in [1.807, 2.05) is 0 Å². The Morgan fingerprint density at radius 2 is 1.80 bits per heavy atom. The summed E-state index contributed by atoms with van der Waals surface area (Å²) in [6, 6.07) is 0. The topological polar surface area (TPSA) is 61.3 Å². The van der Waals surface area contributed by atoms with Gasteiger partial charge < -0.3 is 9.47 Å². The zero-order valence-corrected chi connectivity index (χ0v) is 9.27. The second kappa shape index (κ2) is 4.25. The normalized spacial score (nSPS) is 10.9. The molecule has 0 spiro atoms. The Hall–Kier alpha value is -1.65. The van der Waals surface area contributed by atoms with Crippen molar-refractivity contribution in [2.45, 2.75) is 26.4 Å². The van der Waals surface area contributed by atoms with Gasteiger partial charge in [0.05, 0.1) is 19.5 Å². The van der Waals surface area contributed by atoms with Crippen LogP contribution in [0.25, 0.3) is 0 Å². The monoisotopic (exact) mass is 210 g/mol. The summed E-state index contributed by atoms with van der Waals surface area (Å²) in [5, 5.41) is 0. The number of ether oxygens (including phenoxy) is 2. The molecule has 0 amide bonds. The van der Waals surface area contributed by atoms with Gasteiger partial charge in [0.1, 0.15) is 5.60 Å². The van der Waals surface area contributed by atoms with Crippen molar-refractivity contribution < 1.29 is 14.3 Å². The van der Waals surface area contributed by atoms with Gasteiger partial charge in [-0.25, -0.2) is 14.8 Å². The van der Waals surface area contributed by atoms with E-state index in [2.05, 4.69) is 9.97 Å². The second-order valence-electron chi connectivity index (χ2n) is 3.95. The summed E-state index contributed by atoms with van der Waals surface area (Å²) in [7, 11) is 1.51. The molecular formula is C10H14N2O3. The van der Waals surface area contributed by atoms with Crippen molar-refractivity contribution >= 4 is 5.97 Å². The Labute approximate surface area is 88.4 Å². The van der Waals surface area contributed by atoms with Gasteiger partial charge in [0.15, 0.2) is 5.75 Å². The first-order valence-electron chi connectivity index (χ1n) is 4.52. The summed E-state index contributed by atoms with van der Waals surface area (Å²) in [5.74, 6) is -0.00168. The van der Waals surface area contributed by atoms with E-state index in [9.17, 15) is 4.79 Å². The van der Waals surface area contributed by atoms with Crippen molar-refractivity contribution in [3.63, 3.8) is 0 Å². The lowest BCUT2D eigenvalue weighted by atomic mass is 10.2. The molecule has 0 N–H and O–H groups in total. The molecule has 0 fully saturated rings. The standard InChI is InChI=1S/C10H14N2O3/c1-10(2,3)15-9(13)8-11-5-7(14-4)6-12-8/h5-6H,1-4H3. The quantitative estimate of drug-likeness (QED) is 0.691. The molecule has 0 bridgehead atoms. The summed E-state index contributed by atoms with van der Waals surface area (Å²) in [6.07, 6.45) is 2.85. The fraction of sp³-hybridized carbons (Fsp3) is 0.500. The molecule has 5 nitrogen and oxygen atoms in total. The number of rotatable bonds is 2. The van der Waals surface area contributed by atoms with E-state index >= 15 is 0 Å². The zero-order chi connectivity index (χ0) is 11.5. The molecule has 1 aromatic rings. The fourth-order valence-electron chi connectivity index (χ4n) is 0.851. The van der Waals surface area contributed by atoms with Gasteiger partial charge in [-0.2, -0.15) is 0 Å². The van der Waals surface area contributed by atoms with Crippen LogP contribution >= 0.6 is 0 Å².